The highest BCUT2D eigenvalue weighted by Crippen LogP contribution is 2.55. The summed E-state index contributed by atoms with van der Waals surface area (Å²) >= 11 is 1.90. The minimum absolute atomic E-state index is 0.176. The fourth-order valence-electron chi connectivity index (χ4n) is 7.85. The maximum absolute atomic E-state index is 5.23. The molecule has 0 fully saturated rings. The first-order chi connectivity index (χ1) is 23.1. The van der Waals surface area contributed by atoms with Crippen LogP contribution >= 0.6 is 11.8 Å². The van der Waals surface area contributed by atoms with Gasteiger partial charge in [-0.05, 0) is 51.6 Å². The molecule has 1 aliphatic rings. The number of rotatable bonds is 2. The van der Waals surface area contributed by atoms with E-state index in [1.807, 2.05) is 24.0 Å². The molecule has 0 atom stereocenters. The van der Waals surface area contributed by atoms with Crippen molar-refractivity contribution in [1.82, 2.24) is 14.5 Å². The van der Waals surface area contributed by atoms with Gasteiger partial charge in [0.2, 0.25) is 0 Å². The second kappa shape index (κ2) is 9.78. The van der Waals surface area contributed by atoms with Gasteiger partial charge in [-0.15, -0.1) is 0 Å². The number of para-hydroxylation sites is 1. The van der Waals surface area contributed by atoms with Crippen molar-refractivity contribution in [3.63, 3.8) is 0 Å². The zero-order valence-electron chi connectivity index (χ0n) is 26.0. The lowest BCUT2D eigenvalue weighted by atomic mass is 9.75. The first-order valence-corrected chi connectivity index (χ1v) is 16.9. The summed E-state index contributed by atoms with van der Waals surface area (Å²) in [7, 11) is 0. The van der Waals surface area contributed by atoms with E-state index in [4.69, 9.17) is 9.97 Å². The predicted molar refractivity (Wildman–Crippen MR) is 197 cm³/mol. The van der Waals surface area contributed by atoms with E-state index in [0.717, 1.165) is 44.3 Å². The Morgan fingerprint density at radius 2 is 1.34 bits per heavy atom. The van der Waals surface area contributed by atoms with Crippen LogP contribution in [0.5, 0.6) is 0 Å². The molecular formula is C43H29N3S. The van der Waals surface area contributed by atoms with Crippen LogP contribution in [0.4, 0.5) is 0 Å². The van der Waals surface area contributed by atoms with Crippen LogP contribution in [-0.2, 0) is 5.41 Å². The minimum Gasteiger partial charge on any atom is -0.293 e. The zero-order valence-corrected chi connectivity index (χ0v) is 26.8. The van der Waals surface area contributed by atoms with E-state index < -0.39 is 0 Å². The van der Waals surface area contributed by atoms with Gasteiger partial charge in [0.25, 0.3) is 0 Å². The molecular weight excluding hydrogens is 591 g/mol. The quantitative estimate of drug-likeness (QED) is 0.180. The molecule has 222 valence electrons. The van der Waals surface area contributed by atoms with E-state index in [1.165, 1.54) is 48.0 Å². The highest BCUT2D eigenvalue weighted by Gasteiger charge is 2.37. The summed E-state index contributed by atoms with van der Waals surface area (Å²) in [5.74, 6) is 0.914. The van der Waals surface area contributed by atoms with Gasteiger partial charge in [-0.25, -0.2) is 9.97 Å². The second-order valence-corrected chi connectivity index (χ2v) is 14.1. The molecule has 0 aliphatic carbocycles. The molecule has 0 radical (unpaired) electrons. The number of benzene rings is 6. The van der Waals surface area contributed by atoms with Gasteiger partial charge in [-0.2, -0.15) is 0 Å². The molecule has 0 N–H and O–H groups in total. The molecule has 0 saturated heterocycles. The topological polar surface area (TPSA) is 30.7 Å². The number of nitrogens with zero attached hydrogens (tertiary/aromatic N) is 3. The summed E-state index contributed by atoms with van der Waals surface area (Å²) in [5, 5.41) is 8.43. The van der Waals surface area contributed by atoms with Crippen molar-refractivity contribution in [3.05, 3.63) is 151 Å². The van der Waals surface area contributed by atoms with E-state index in [0.29, 0.717) is 0 Å². The van der Waals surface area contributed by atoms with Crippen molar-refractivity contribution in [2.45, 2.75) is 29.1 Å². The van der Waals surface area contributed by atoms with Crippen LogP contribution in [-0.4, -0.2) is 14.5 Å². The summed E-state index contributed by atoms with van der Waals surface area (Å²) in [5.41, 5.74) is 8.03. The Morgan fingerprint density at radius 1 is 0.638 bits per heavy atom. The number of aromatic nitrogens is 3. The SMILES string of the molecule is CC1(C)c2ccccc2Sc2c1c1ccccc1c1c3ccccc3n(-c3cc4ccc5ccc(-c6ccccc6)nc5c4cn3)c21. The number of hydrogen-bond acceptors (Lipinski definition) is 3. The summed E-state index contributed by atoms with van der Waals surface area (Å²) in [6.07, 6.45) is 2.02. The summed E-state index contributed by atoms with van der Waals surface area (Å²) in [6.45, 7) is 4.76. The van der Waals surface area contributed by atoms with Crippen molar-refractivity contribution in [2.75, 3.05) is 0 Å². The van der Waals surface area contributed by atoms with Gasteiger partial charge in [0, 0.05) is 48.5 Å². The Labute approximate surface area is 276 Å². The molecule has 1 aliphatic heterocycles. The van der Waals surface area contributed by atoms with Crippen LogP contribution in [0.2, 0.25) is 0 Å². The van der Waals surface area contributed by atoms with Crippen LogP contribution in [0.3, 0.4) is 0 Å². The largest absolute Gasteiger partial charge is 0.293 e. The van der Waals surface area contributed by atoms with Gasteiger partial charge in [-0.3, -0.25) is 4.57 Å². The minimum atomic E-state index is -0.176. The van der Waals surface area contributed by atoms with Gasteiger partial charge in [0.15, 0.2) is 0 Å². The highest BCUT2D eigenvalue weighted by atomic mass is 32.2. The first kappa shape index (κ1) is 26.7. The average molecular weight is 620 g/mol. The fraction of sp³-hybridized carbons (Fsp3) is 0.0698. The predicted octanol–water partition coefficient (Wildman–Crippen LogP) is 11.5. The van der Waals surface area contributed by atoms with Gasteiger partial charge in [-0.1, -0.05) is 135 Å². The van der Waals surface area contributed by atoms with Crippen LogP contribution < -0.4 is 0 Å². The third-order valence-electron chi connectivity index (χ3n) is 10.0. The molecule has 0 spiro atoms. The molecule has 0 unspecified atom stereocenters. The van der Waals surface area contributed by atoms with Crippen molar-refractivity contribution in [2.24, 2.45) is 0 Å². The molecule has 0 saturated carbocycles. The standard InChI is InChI=1S/C43H29N3S/c1-43(2)33-17-9-11-19-36(33)47-42-39(43)30-15-7-6-14-29(30)38-31-16-8-10-18-35(31)46(41(38)42)37-24-28-21-20-27-22-23-34(26-12-4-3-5-13-26)45-40(27)32(28)25-44-37/h3-25H,1-2H3. The molecule has 3 aromatic heterocycles. The van der Waals surface area contributed by atoms with Gasteiger partial charge < -0.3 is 0 Å². The maximum Gasteiger partial charge on any atom is 0.138 e. The van der Waals surface area contributed by atoms with E-state index >= 15 is 0 Å². The van der Waals surface area contributed by atoms with E-state index in [9.17, 15) is 0 Å². The molecule has 6 aromatic carbocycles. The molecule has 3 nitrogen and oxygen atoms in total. The lowest BCUT2D eigenvalue weighted by molar-refractivity contribution is 0.615. The molecule has 0 bridgehead atoms. The normalized spacial score (nSPS) is 13.8. The Balaban J connectivity index is 1.30. The monoisotopic (exact) mass is 619 g/mol. The lowest BCUT2D eigenvalue weighted by Crippen LogP contribution is -2.24. The zero-order chi connectivity index (χ0) is 31.3. The summed E-state index contributed by atoms with van der Waals surface area (Å²) in [6, 6.07) is 48.0. The van der Waals surface area contributed by atoms with Gasteiger partial charge in [0.05, 0.1) is 22.2 Å². The third kappa shape index (κ3) is 3.76. The Morgan fingerprint density at radius 3 is 2.21 bits per heavy atom. The molecule has 47 heavy (non-hydrogen) atoms. The number of fused-ring (bicyclic) bond motifs is 12. The maximum atomic E-state index is 5.23. The Hall–Kier alpha value is -5.45. The van der Waals surface area contributed by atoms with Gasteiger partial charge >= 0.3 is 0 Å². The van der Waals surface area contributed by atoms with E-state index in [2.05, 4.69) is 146 Å². The highest BCUT2D eigenvalue weighted by molar-refractivity contribution is 7.99. The second-order valence-electron chi connectivity index (χ2n) is 13.0. The van der Waals surface area contributed by atoms with Crippen LogP contribution in [0.25, 0.3) is 71.3 Å². The Bertz CT molecular complexity index is 2740. The van der Waals surface area contributed by atoms with Crippen molar-refractivity contribution in [1.29, 1.82) is 0 Å². The van der Waals surface area contributed by atoms with Crippen molar-refractivity contribution >= 4 is 66.0 Å². The molecule has 4 heterocycles. The summed E-state index contributed by atoms with van der Waals surface area (Å²) in [4.78, 5) is 13.0. The fourth-order valence-corrected chi connectivity index (χ4v) is 9.41. The van der Waals surface area contributed by atoms with Crippen molar-refractivity contribution in [3.8, 4) is 17.1 Å². The average Bonchev–Trinajstić information content (AvgIpc) is 3.47. The Kier molecular flexibility index (Phi) is 5.56. The van der Waals surface area contributed by atoms with Crippen LogP contribution in [0.1, 0.15) is 25.0 Å². The molecule has 0 amide bonds. The van der Waals surface area contributed by atoms with E-state index in [1.54, 1.807) is 0 Å². The first-order valence-electron chi connectivity index (χ1n) is 16.1. The summed E-state index contributed by atoms with van der Waals surface area (Å²) < 4.78 is 2.41. The smallest absolute Gasteiger partial charge is 0.138 e. The molecule has 9 aromatic rings. The molecule has 4 heteroatoms. The van der Waals surface area contributed by atoms with Crippen LogP contribution in [0.15, 0.2) is 149 Å². The van der Waals surface area contributed by atoms with Crippen molar-refractivity contribution < 1.29 is 0 Å². The number of hydrogen-bond donors (Lipinski definition) is 0. The van der Waals surface area contributed by atoms with Crippen LogP contribution in [0, 0.1) is 0 Å². The number of pyridine rings is 2. The van der Waals surface area contributed by atoms with E-state index in [-0.39, 0.29) is 5.41 Å². The third-order valence-corrected chi connectivity index (χ3v) is 11.2. The van der Waals surface area contributed by atoms with Gasteiger partial charge in [0.1, 0.15) is 5.82 Å². The lowest BCUT2D eigenvalue weighted by Gasteiger charge is -2.36. The molecule has 10 rings (SSSR count).